The molecular formula is C20H30N4O4S. The molecule has 1 heterocycles. The predicted octanol–water partition coefficient (Wildman–Crippen LogP) is 2.78. The van der Waals surface area contributed by atoms with Gasteiger partial charge in [-0.05, 0) is 44.1 Å². The molecule has 2 fully saturated rings. The lowest BCUT2D eigenvalue weighted by Gasteiger charge is -2.24. The zero-order valence-corrected chi connectivity index (χ0v) is 17.7. The summed E-state index contributed by atoms with van der Waals surface area (Å²) in [4.78, 5) is 37.3. The molecule has 2 amide bonds. The molecule has 9 heteroatoms. The van der Waals surface area contributed by atoms with Crippen molar-refractivity contribution in [1.29, 1.82) is 0 Å². The van der Waals surface area contributed by atoms with Crippen LogP contribution in [0.5, 0.6) is 0 Å². The molecule has 8 nitrogen and oxygen atoms in total. The summed E-state index contributed by atoms with van der Waals surface area (Å²) in [6, 6.07) is 0.261. The molecular weight excluding hydrogens is 392 g/mol. The fraction of sp³-hybridized carbons (Fsp3) is 0.700. The van der Waals surface area contributed by atoms with Crippen molar-refractivity contribution in [2.75, 3.05) is 5.73 Å². The minimum absolute atomic E-state index is 0.00759. The average Bonchev–Trinajstić information content (AvgIpc) is 3.11. The second-order valence-corrected chi connectivity index (χ2v) is 8.75. The summed E-state index contributed by atoms with van der Waals surface area (Å²) in [6.45, 7) is 1.53. The SMILES string of the molecule is C[C@H](OC(=O)c1snc(C(=O)NC2CCCCC2)c1N)C(=O)NC1CCCCC1. The third-order valence-electron chi connectivity index (χ3n) is 5.67. The number of ether oxygens (including phenoxy) is 1. The molecule has 29 heavy (non-hydrogen) atoms. The third-order valence-corrected chi connectivity index (χ3v) is 6.52. The minimum Gasteiger partial charge on any atom is -0.448 e. The van der Waals surface area contributed by atoms with Gasteiger partial charge in [0.05, 0.1) is 5.69 Å². The number of hydrogen-bond donors (Lipinski definition) is 3. The Morgan fingerprint density at radius 1 is 1.00 bits per heavy atom. The number of nitrogens with one attached hydrogen (secondary N) is 2. The summed E-state index contributed by atoms with van der Waals surface area (Å²) in [6.07, 6.45) is 9.62. The summed E-state index contributed by atoms with van der Waals surface area (Å²) in [5, 5.41) is 5.88. The lowest BCUT2D eigenvalue weighted by atomic mass is 9.95. The first-order chi connectivity index (χ1) is 14.0. The van der Waals surface area contributed by atoms with Crippen LogP contribution in [0.25, 0.3) is 0 Å². The predicted molar refractivity (Wildman–Crippen MR) is 111 cm³/mol. The van der Waals surface area contributed by atoms with Gasteiger partial charge in [-0.1, -0.05) is 38.5 Å². The highest BCUT2D eigenvalue weighted by Gasteiger charge is 2.28. The Kier molecular flexibility index (Phi) is 7.46. The monoisotopic (exact) mass is 422 g/mol. The second-order valence-electron chi connectivity index (χ2n) is 7.97. The molecule has 0 radical (unpaired) electrons. The molecule has 0 saturated heterocycles. The van der Waals surface area contributed by atoms with Gasteiger partial charge in [0.2, 0.25) is 0 Å². The van der Waals surface area contributed by atoms with E-state index in [2.05, 4.69) is 15.0 Å². The number of hydrogen-bond acceptors (Lipinski definition) is 7. The van der Waals surface area contributed by atoms with Gasteiger partial charge in [-0.15, -0.1) is 0 Å². The Morgan fingerprint density at radius 3 is 2.14 bits per heavy atom. The molecule has 2 saturated carbocycles. The number of rotatable bonds is 6. The molecule has 2 aliphatic rings. The number of aromatic nitrogens is 1. The van der Waals surface area contributed by atoms with E-state index in [9.17, 15) is 14.4 Å². The zero-order valence-electron chi connectivity index (χ0n) is 16.9. The second kappa shape index (κ2) is 10.0. The van der Waals surface area contributed by atoms with Gasteiger partial charge in [0.1, 0.15) is 0 Å². The minimum atomic E-state index is -0.939. The van der Waals surface area contributed by atoms with Gasteiger partial charge in [0.15, 0.2) is 16.7 Å². The fourth-order valence-electron chi connectivity index (χ4n) is 3.94. The summed E-state index contributed by atoms with van der Waals surface area (Å²) in [5.41, 5.74) is 6.05. The molecule has 3 rings (SSSR count). The number of carbonyl (C=O) groups is 3. The van der Waals surface area contributed by atoms with Gasteiger partial charge in [-0.3, -0.25) is 9.59 Å². The van der Waals surface area contributed by atoms with Crippen LogP contribution in [0.1, 0.15) is 91.3 Å². The number of nitrogen functional groups attached to an aromatic ring is 1. The normalized spacial score (nSPS) is 19.3. The molecule has 0 unspecified atom stereocenters. The Bertz CT molecular complexity index is 739. The topological polar surface area (TPSA) is 123 Å². The lowest BCUT2D eigenvalue weighted by Crippen LogP contribution is -2.42. The zero-order chi connectivity index (χ0) is 20.8. The Balaban J connectivity index is 1.55. The lowest BCUT2D eigenvalue weighted by molar-refractivity contribution is -0.130. The largest absolute Gasteiger partial charge is 0.448 e. The highest BCUT2D eigenvalue weighted by atomic mass is 32.1. The Labute approximate surface area is 175 Å². The van der Waals surface area contributed by atoms with Gasteiger partial charge < -0.3 is 21.1 Å². The van der Waals surface area contributed by atoms with Gasteiger partial charge in [0, 0.05) is 12.1 Å². The first-order valence-electron chi connectivity index (χ1n) is 10.5. The van der Waals surface area contributed by atoms with Crippen molar-refractivity contribution >= 4 is 35.0 Å². The number of amides is 2. The molecule has 1 aromatic heterocycles. The van der Waals surface area contributed by atoms with Gasteiger partial charge in [-0.2, -0.15) is 4.37 Å². The number of carbonyl (C=O) groups excluding carboxylic acids is 3. The van der Waals surface area contributed by atoms with Crippen LogP contribution >= 0.6 is 11.5 Å². The summed E-state index contributed by atoms with van der Waals surface area (Å²) < 4.78 is 9.32. The van der Waals surface area contributed by atoms with Crippen molar-refractivity contribution in [3.8, 4) is 0 Å². The summed E-state index contributed by atoms with van der Waals surface area (Å²) in [5.74, 6) is -1.42. The van der Waals surface area contributed by atoms with Crippen LogP contribution in [0.3, 0.4) is 0 Å². The summed E-state index contributed by atoms with van der Waals surface area (Å²) in [7, 11) is 0. The molecule has 1 atom stereocenters. The van der Waals surface area contributed by atoms with Gasteiger partial charge in [0.25, 0.3) is 11.8 Å². The number of esters is 1. The van der Waals surface area contributed by atoms with Crippen molar-refractivity contribution in [2.24, 2.45) is 0 Å². The van der Waals surface area contributed by atoms with Crippen LogP contribution in [-0.4, -0.2) is 40.3 Å². The van der Waals surface area contributed by atoms with E-state index < -0.39 is 12.1 Å². The van der Waals surface area contributed by atoms with E-state index in [1.54, 1.807) is 0 Å². The first-order valence-corrected chi connectivity index (χ1v) is 11.3. The molecule has 0 aromatic carbocycles. The van der Waals surface area contributed by atoms with E-state index in [1.165, 1.54) is 19.8 Å². The molecule has 0 bridgehead atoms. The quantitative estimate of drug-likeness (QED) is 0.606. The Hall–Kier alpha value is -2.16. The highest BCUT2D eigenvalue weighted by molar-refractivity contribution is 7.08. The van der Waals surface area contributed by atoms with Crippen molar-refractivity contribution in [1.82, 2.24) is 15.0 Å². The molecule has 0 aliphatic heterocycles. The number of anilines is 1. The van der Waals surface area contributed by atoms with Crippen molar-refractivity contribution in [3.63, 3.8) is 0 Å². The van der Waals surface area contributed by atoms with Crippen molar-refractivity contribution in [2.45, 2.75) is 89.3 Å². The van der Waals surface area contributed by atoms with Gasteiger partial charge >= 0.3 is 5.97 Å². The van der Waals surface area contributed by atoms with Crippen LogP contribution in [0, 0.1) is 0 Å². The van der Waals surface area contributed by atoms with Crippen LogP contribution in [-0.2, 0) is 9.53 Å². The number of nitrogens with two attached hydrogens (primary N) is 1. The van der Waals surface area contributed by atoms with E-state index in [0.717, 1.165) is 62.9 Å². The molecule has 0 spiro atoms. The van der Waals surface area contributed by atoms with Crippen LogP contribution < -0.4 is 16.4 Å². The summed E-state index contributed by atoms with van der Waals surface area (Å²) >= 11 is 0.822. The molecule has 1 aromatic rings. The van der Waals surface area contributed by atoms with Crippen molar-refractivity contribution in [3.05, 3.63) is 10.6 Å². The standard InChI is InChI=1S/C20H30N4O4S/c1-12(18(25)22-13-8-4-2-5-9-13)28-20(27)17-15(21)16(24-29-17)19(26)23-14-10-6-3-7-11-14/h12-14H,2-11,21H2,1H3,(H,22,25)(H,23,26)/t12-/m0/s1. The number of nitrogens with zero attached hydrogens (tertiary/aromatic N) is 1. The maximum absolute atomic E-state index is 12.5. The highest BCUT2D eigenvalue weighted by Crippen LogP contribution is 2.25. The molecule has 2 aliphatic carbocycles. The smallest absolute Gasteiger partial charge is 0.352 e. The van der Waals surface area contributed by atoms with E-state index in [4.69, 9.17) is 10.5 Å². The maximum Gasteiger partial charge on any atom is 0.352 e. The molecule has 160 valence electrons. The maximum atomic E-state index is 12.5. The van der Waals surface area contributed by atoms with E-state index in [-0.39, 0.29) is 40.2 Å². The molecule has 4 N–H and O–H groups in total. The van der Waals surface area contributed by atoms with Crippen molar-refractivity contribution < 1.29 is 19.1 Å². The Morgan fingerprint density at radius 2 is 1.55 bits per heavy atom. The first kappa shape index (κ1) is 21.5. The van der Waals surface area contributed by atoms with E-state index in [0.29, 0.717) is 0 Å². The average molecular weight is 423 g/mol. The van der Waals surface area contributed by atoms with Crippen LogP contribution in [0.4, 0.5) is 5.69 Å². The third kappa shape index (κ3) is 5.68. The van der Waals surface area contributed by atoms with Crippen LogP contribution in [0.2, 0.25) is 0 Å². The van der Waals surface area contributed by atoms with E-state index >= 15 is 0 Å². The van der Waals surface area contributed by atoms with Crippen LogP contribution in [0.15, 0.2) is 0 Å². The van der Waals surface area contributed by atoms with Gasteiger partial charge in [-0.25, -0.2) is 4.79 Å². The fourth-order valence-corrected chi connectivity index (χ4v) is 4.62. The van der Waals surface area contributed by atoms with E-state index in [1.807, 2.05) is 0 Å².